The van der Waals surface area contributed by atoms with Gasteiger partial charge in [-0.3, -0.25) is 0 Å². The molecule has 72 valence electrons. The van der Waals surface area contributed by atoms with Crippen molar-refractivity contribution in [1.29, 1.82) is 0 Å². The SMILES string of the molecule is CCCC(C)NC1CCC(N)C1. The molecule has 0 saturated heterocycles. The predicted molar refractivity (Wildman–Crippen MR) is 53.1 cm³/mol. The Labute approximate surface area is 75.9 Å². The van der Waals surface area contributed by atoms with Crippen LogP contribution in [0.3, 0.4) is 0 Å². The van der Waals surface area contributed by atoms with Crippen molar-refractivity contribution >= 4 is 0 Å². The molecule has 2 heteroatoms. The molecule has 0 bridgehead atoms. The van der Waals surface area contributed by atoms with Crippen LogP contribution in [0.4, 0.5) is 0 Å². The van der Waals surface area contributed by atoms with Crippen molar-refractivity contribution in [2.75, 3.05) is 0 Å². The summed E-state index contributed by atoms with van der Waals surface area (Å²) in [4.78, 5) is 0. The molecule has 0 radical (unpaired) electrons. The number of rotatable bonds is 4. The first-order valence-corrected chi connectivity index (χ1v) is 5.24. The first kappa shape index (κ1) is 10.0. The molecule has 1 rings (SSSR count). The zero-order valence-corrected chi connectivity index (χ0v) is 8.34. The first-order valence-electron chi connectivity index (χ1n) is 5.24. The van der Waals surface area contributed by atoms with Crippen LogP contribution in [0, 0.1) is 0 Å². The molecule has 1 fully saturated rings. The van der Waals surface area contributed by atoms with Crippen molar-refractivity contribution < 1.29 is 0 Å². The average Bonchev–Trinajstić information content (AvgIpc) is 2.36. The fraction of sp³-hybridized carbons (Fsp3) is 1.00. The van der Waals surface area contributed by atoms with Crippen LogP contribution in [0.15, 0.2) is 0 Å². The first-order chi connectivity index (χ1) is 5.72. The molecular formula is C10H22N2. The monoisotopic (exact) mass is 170 g/mol. The Hall–Kier alpha value is -0.0800. The van der Waals surface area contributed by atoms with Crippen LogP contribution in [-0.2, 0) is 0 Å². The highest BCUT2D eigenvalue weighted by molar-refractivity contribution is 4.84. The van der Waals surface area contributed by atoms with Gasteiger partial charge in [0.25, 0.3) is 0 Å². The van der Waals surface area contributed by atoms with Crippen molar-refractivity contribution in [3.8, 4) is 0 Å². The molecular weight excluding hydrogens is 148 g/mol. The Kier molecular flexibility index (Phi) is 4.02. The average molecular weight is 170 g/mol. The Morgan fingerprint density at radius 3 is 2.75 bits per heavy atom. The summed E-state index contributed by atoms with van der Waals surface area (Å²) in [6.07, 6.45) is 6.21. The summed E-state index contributed by atoms with van der Waals surface area (Å²) < 4.78 is 0. The van der Waals surface area contributed by atoms with Crippen LogP contribution in [0.2, 0.25) is 0 Å². The standard InChI is InChI=1S/C10H22N2/c1-3-4-8(2)12-10-6-5-9(11)7-10/h8-10,12H,3-7,11H2,1-2H3. The third kappa shape index (κ3) is 3.11. The predicted octanol–water partition coefficient (Wildman–Crippen LogP) is 1.64. The van der Waals surface area contributed by atoms with Crippen LogP contribution in [-0.4, -0.2) is 18.1 Å². The summed E-state index contributed by atoms with van der Waals surface area (Å²) in [5.41, 5.74) is 5.83. The van der Waals surface area contributed by atoms with Gasteiger partial charge in [-0.1, -0.05) is 13.3 Å². The van der Waals surface area contributed by atoms with Gasteiger partial charge >= 0.3 is 0 Å². The summed E-state index contributed by atoms with van der Waals surface area (Å²) in [5.74, 6) is 0. The maximum absolute atomic E-state index is 5.83. The maximum atomic E-state index is 5.83. The van der Waals surface area contributed by atoms with Crippen molar-refractivity contribution in [3.05, 3.63) is 0 Å². The fourth-order valence-electron chi connectivity index (χ4n) is 2.09. The van der Waals surface area contributed by atoms with Gasteiger partial charge in [-0.15, -0.1) is 0 Å². The molecule has 3 unspecified atom stereocenters. The lowest BCUT2D eigenvalue weighted by Gasteiger charge is -2.18. The van der Waals surface area contributed by atoms with Gasteiger partial charge in [-0.05, 0) is 32.6 Å². The topological polar surface area (TPSA) is 38.0 Å². The Morgan fingerprint density at radius 1 is 1.50 bits per heavy atom. The van der Waals surface area contributed by atoms with Gasteiger partial charge < -0.3 is 11.1 Å². The molecule has 1 aliphatic carbocycles. The Morgan fingerprint density at radius 2 is 2.25 bits per heavy atom. The van der Waals surface area contributed by atoms with Crippen molar-refractivity contribution in [2.45, 2.75) is 64.1 Å². The zero-order valence-electron chi connectivity index (χ0n) is 8.34. The summed E-state index contributed by atoms with van der Waals surface area (Å²) in [5, 5.41) is 3.63. The van der Waals surface area contributed by atoms with Crippen molar-refractivity contribution in [3.63, 3.8) is 0 Å². The van der Waals surface area contributed by atoms with E-state index < -0.39 is 0 Å². The van der Waals surface area contributed by atoms with E-state index in [1.165, 1.54) is 32.1 Å². The van der Waals surface area contributed by atoms with E-state index in [9.17, 15) is 0 Å². The summed E-state index contributed by atoms with van der Waals surface area (Å²) in [6, 6.07) is 1.82. The van der Waals surface area contributed by atoms with E-state index in [1.54, 1.807) is 0 Å². The maximum Gasteiger partial charge on any atom is 0.00848 e. The smallest absolute Gasteiger partial charge is 0.00848 e. The van der Waals surface area contributed by atoms with Gasteiger partial charge in [0.1, 0.15) is 0 Å². The van der Waals surface area contributed by atoms with Gasteiger partial charge in [0.2, 0.25) is 0 Å². The molecule has 0 aromatic carbocycles. The largest absolute Gasteiger partial charge is 0.328 e. The minimum atomic E-state index is 0.455. The molecule has 1 aliphatic rings. The van der Waals surface area contributed by atoms with Crippen LogP contribution in [0.25, 0.3) is 0 Å². The quantitative estimate of drug-likeness (QED) is 0.673. The van der Waals surface area contributed by atoms with Gasteiger partial charge in [0, 0.05) is 18.1 Å². The van der Waals surface area contributed by atoms with Crippen molar-refractivity contribution in [2.24, 2.45) is 5.73 Å². The molecule has 3 atom stereocenters. The Bertz CT molecular complexity index is 125. The molecule has 0 aliphatic heterocycles. The number of hydrogen-bond acceptors (Lipinski definition) is 2. The molecule has 12 heavy (non-hydrogen) atoms. The van der Waals surface area contributed by atoms with Gasteiger partial charge in [-0.25, -0.2) is 0 Å². The highest BCUT2D eigenvalue weighted by atomic mass is 15.0. The van der Waals surface area contributed by atoms with E-state index in [0.29, 0.717) is 18.1 Å². The van der Waals surface area contributed by atoms with E-state index in [0.717, 1.165) is 0 Å². The van der Waals surface area contributed by atoms with Crippen molar-refractivity contribution in [1.82, 2.24) is 5.32 Å². The van der Waals surface area contributed by atoms with E-state index in [-0.39, 0.29) is 0 Å². The molecule has 0 amide bonds. The van der Waals surface area contributed by atoms with E-state index in [2.05, 4.69) is 19.2 Å². The second-order valence-corrected chi connectivity index (χ2v) is 4.13. The fourth-order valence-corrected chi connectivity index (χ4v) is 2.09. The lowest BCUT2D eigenvalue weighted by Crippen LogP contribution is -2.35. The molecule has 3 N–H and O–H groups in total. The van der Waals surface area contributed by atoms with Crippen LogP contribution < -0.4 is 11.1 Å². The summed E-state index contributed by atoms with van der Waals surface area (Å²) in [7, 11) is 0. The minimum Gasteiger partial charge on any atom is -0.328 e. The minimum absolute atomic E-state index is 0.455. The van der Waals surface area contributed by atoms with E-state index in [4.69, 9.17) is 5.73 Å². The molecule has 2 nitrogen and oxygen atoms in total. The van der Waals surface area contributed by atoms with E-state index in [1.807, 2.05) is 0 Å². The number of nitrogens with one attached hydrogen (secondary N) is 1. The highest BCUT2D eigenvalue weighted by Gasteiger charge is 2.22. The normalized spacial score (nSPS) is 32.2. The van der Waals surface area contributed by atoms with Crippen LogP contribution in [0.5, 0.6) is 0 Å². The highest BCUT2D eigenvalue weighted by Crippen LogP contribution is 2.17. The van der Waals surface area contributed by atoms with Gasteiger partial charge in [0.15, 0.2) is 0 Å². The molecule has 0 aromatic heterocycles. The van der Waals surface area contributed by atoms with E-state index >= 15 is 0 Å². The molecule has 0 aromatic rings. The second kappa shape index (κ2) is 4.83. The molecule has 1 saturated carbocycles. The lowest BCUT2D eigenvalue weighted by molar-refractivity contribution is 0.426. The molecule has 0 spiro atoms. The molecule has 0 heterocycles. The van der Waals surface area contributed by atoms with Gasteiger partial charge in [-0.2, -0.15) is 0 Å². The summed E-state index contributed by atoms with van der Waals surface area (Å²) in [6.45, 7) is 4.51. The zero-order chi connectivity index (χ0) is 8.97. The number of hydrogen-bond donors (Lipinski definition) is 2. The van der Waals surface area contributed by atoms with Crippen LogP contribution in [0.1, 0.15) is 46.0 Å². The number of nitrogens with two attached hydrogens (primary N) is 1. The Balaban J connectivity index is 2.14. The van der Waals surface area contributed by atoms with Crippen LogP contribution >= 0.6 is 0 Å². The summed E-state index contributed by atoms with van der Waals surface area (Å²) >= 11 is 0. The second-order valence-electron chi connectivity index (χ2n) is 4.13. The lowest BCUT2D eigenvalue weighted by atomic mass is 10.1. The third-order valence-corrected chi connectivity index (χ3v) is 2.72. The van der Waals surface area contributed by atoms with Gasteiger partial charge in [0.05, 0.1) is 0 Å². The third-order valence-electron chi connectivity index (χ3n) is 2.72.